The number of carbonyl (C=O) groups excluding carboxylic acids is 1. The number of hydrogen-bond donors (Lipinski definition) is 2. The van der Waals surface area contributed by atoms with Crippen LogP contribution in [-0.2, 0) is 17.6 Å². The van der Waals surface area contributed by atoms with Gasteiger partial charge in [-0.1, -0.05) is 32.6 Å². The lowest BCUT2D eigenvalue weighted by Gasteiger charge is -2.13. The van der Waals surface area contributed by atoms with Crippen LogP contribution in [0.25, 0.3) is 5.57 Å². The summed E-state index contributed by atoms with van der Waals surface area (Å²) in [5, 5.41) is 9.23. The molecule has 0 aliphatic carbocycles. The van der Waals surface area contributed by atoms with Crippen molar-refractivity contribution in [3.05, 3.63) is 41.0 Å². The smallest absolute Gasteiger partial charge is 0.336 e. The molecule has 0 saturated heterocycles. The Kier molecular flexibility index (Phi) is 4.26. The first kappa shape index (κ1) is 14.0. The van der Waals surface area contributed by atoms with Crippen molar-refractivity contribution in [1.82, 2.24) is 0 Å². The fourth-order valence-electron chi connectivity index (χ4n) is 1.92. The van der Waals surface area contributed by atoms with Gasteiger partial charge in [0.25, 0.3) is 0 Å². The molecule has 96 valence electrons. The minimum absolute atomic E-state index is 0.205. The van der Waals surface area contributed by atoms with Crippen LogP contribution < -0.4 is 5.73 Å². The number of rotatable bonds is 5. The van der Waals surface area contributed by atoms with Crippen LogP contribution in [0.4, 0.5) is 0 Å². The third-order valence-electron chi connectivity index (χ3n) is 2.92. The minimum atomic E-state index is -0.945. The second kappa shape index (κ2) is 5.49. The molecule has 18 heavy (non-hydrogen) atoms. The molecule has 1 aromatic rings. The van der Waals surface area contributed by atoms with Gasteiger partial charge < -0.3 is 10.8 Å². The molecular weight excluding hydrogens is 230 g/mol. The van der Waals surface area contributed by atoms with E-state index in [-0.39, 0.29) is 5.57 Å². The van der Waals surface area contributed by atoms with Crippen LogP contribution in [0.3, 0.4) is 0 Å². The number of carboxylic acids is 1. The summed E-state index contributed by atoms with van der Waals surface area (Å²) in [5.74, 6) is -1.54. The van der Waals surface area contributed by atoms with Gasteiger partial charge in [-0.15, -0.1) is 0 Å². The van der Waals surface area contributed by atoms with Gasteiger partial charge in [-0.25, -0.2) is 4.79 Å². The number of carbonyl (C=O) groups is 2. The lowest BCUT2D eigenvalue weighted by molar-refractivity contribution is -0.112. The van der Waals surface area contributed by atoms with E-state index in [1.165, 1.54) is 0 Å². The molecule has 1 amide bonds. The Morgan fingerprint density at radius 2 is 1.67 bits per heavy atom. The highest BCUT2D eigenvalue weighted by Crippen LogP contribution is 2.23. The van der Waals surface area contributed by atoms with Crippen LogP contribution in [0, 0.1) is 0 Å². The molecule has 0 spiro atoms. The first-order valence-corrected chi connectivity index (χ1v) is 5.80. The van der Waals surface area contributed by atoms with Crippen molar-refractivity contribution in [2.45, 2.75) is 26.7 Å². The topological polar surface area (TPSA) is 80.4 Å². The second-order valence-corrected chi connectivity index (χ2v) is 4.02. The lowest BCUT2D eigenvalue weighted by Crippen LogP contribution is -2.14. The van der Waals surface area contributed by atoms with E-state index in [2.05, 4.69) is 6.58 Å². The monoisotopic (exact) mass is 247 g/mol. The maximum absolute atomic E-state index is 11.3. The molecule has 0 aliphatic heterocycles. The van der Waals surface area contributed by atoms with Crippen molar-refractivity contribution >= 4 is 17.4 Å². The first-order chi connectivity index (χ1) is 8.42. The number of aryl methyl sites for hydroxylation is 2. The lowest BCUT2D eigenvalue weighted by atomic mass is 9.92. The van der Waals surface area contributed by atoms with E-state index in [0.717, 1.165) is 0 Å². The molecular formula is C14H17NO3. The van der Waals surface area contributed by atoms with E-state index in [1.807, 2.05) is 13.8 Å². The molecule has 0 bridgehead atoms. The SMILES string of the molecule is C=C(C(N)=O)c1cc(CC)c(C(=O)O)c(CC)c1. The number of nitrogens with two attached hydrogens (primary N) is 1. The molecule has 0 radical (unpaired) electrons. The average molecular weight is 247 g/mol. The maximum atomic E-state index is 11.3. The summed E-state index contributed by atoms with van der Waals surface area (Å²) < 4.78 is 0. The Bertz CT molecular complexity index is 493. The van der Waals surface area contributed by atoms with Crippen LogP contribution in [-0.4, -0.2) is 17.0 Å². The minimum Gasteiger partial charge on any atom is -0.478 e. The highest BCUT2D eigenvalue weighted by molar-refractivity contribution is 6.18. The summed E-state index contributed by atoms with van der Waals surface area (Å²) in [6.07, 6.45) is 1.16. The fraction of sp³-hybridized carbons (Fsp3) is 0.286. The van der Waals surface area contributed by atoms with Crippen LogP contribution in [0.1, 0.15) is 40.9 Å². The summed E-state index contributed by atoms with van der Waals surface area (Å²) in [6, 6.07) is 3.35. The molecule has 0 aromatic heterocycles. The maximum Gasteiger partial charge on any atom is 0.336 e. The number of aromatic carboxylic acids is 1. The van der Waals surface area contributed by atoms with Gasteiger partial charge in [0.05, 0.1) is 5.56 Å². The third-order valence-corrected chi connectivity index (χ3v) is 2.92. The Balaban J connectivity index is 3.49. The number of hydrogen-bond acceptors (Lipinski definition) is 2. The van der Waals surface area contributed by atoms with Gasteiger partial charge in [-0.05, 0) is 29.5 Å². The molecule has 4 nitrogen and oxygen atoms in total. The van der Waals surface area contributed by atoms with Gasteiger partial charge in [-0.2, -0.15) is 0 Å². The summed E-state index contributed by atoms with van der Waals surface area (Å²) in [4.78, 5) is 22.4. The number of primary amides is 1. The molecule has 1 aromatic carbocycles. The van der Waals surface area contributed by atoms with Crippen molar-refractivity contribution in [2.24, 2.45) is 5.73 Å². The van der Waals surface area contributed by atoms with E-state index in [0.29, 0.717) is 35.1 Å². The molecule has 0 aliphatic rings. The molecule has 3 N–H and O–H groups in total. The van der Waals surface area contributed by atoms with Crippen LogP contribution in [0.5, 0.6) is 0 Å². The van der Waals surface area contributed by atoms with E-state index >= 15 is 0 Å². The largest absolute Gasteiger partial charge is 0.478 e. The summed E-state index contributed by atoms with van der Waals surface area (Å²) in [6.45, 7) is 7.37. The summed E-state index contributed by atoms with van der Waals surface area (Å²) in [7, 11) is 0. The number of amides is 1. The molecule has 0 saturated carbocycles. The van der Waals surface area contributed by atoms with Crippen molar-refractivity contribution in [2.75, 3.05) is 0 Å². The highest BCUT2D eigenvalue weighted by atomic mass is 16.4. The van der Waals surface area contributed by atoms with Gasteiger partial charge in [0.2, 0.25) is 5.91 Å². The molecule has 0 unspecified atom stereocenters. The van der Waals surface area contributed by atoms with Crippen molar-refractivity contribution in [1.29, 1.82) is 0 Å². The zero-order chi connectivity index (χ0) is 13.9. The normalized spacial score (nSPS) is 10.1. The summed E-state index contributed by atoms with van der Waals surface area (Å²) >= 11 is 0. The van der Waals surface area contributed by atoms with Crippen molar-refractivity contribution in [3.63, 3.8) is 0 Å². The Morgan fingerprint density at radius 1 is 1.22 bits per heavy atom. The zero-order valence-electron chi connectivity index (χ0n) is 10.6. The Morgan fingerprint density at radius 3 is 1.94 bits per heavy atom. The molecule has 0 atom stereocenters. The molecule has 1 rings (SSSR count). The standard InChI is InChI=1S/C14H17NO3/c1-4-9-6-11(8(3)13(15)16)7-10(5-2)12(9)14(17)18/h6-7H,3-5H2,1-2H3,(H2,15,16)(H,17,18). The average Bonchev–Trinajstić information content (AvgIpc) is 2.35. The van der Waals surface area contributed by atoms with Gasteiger partial charge in [-0.3, -0.25) is 4.79 Å². The van der Waals surface area contributed by atoms with Crippen LogP contribution >= 0.6 is 0 Å². The van der Waals surface area contributed by atoms with E-state index in [1.54, 1.807) is 12.1 Å². The predicted octanol–water partition coefficient (Wildman–Crippen LogP) is 2.01. The van der Waals surface area contributed by atoms with Crippen LogP contribution in [0.2, 0.25) is 0 Å². The highest BCUT2D eigenvalue weighted by Gasteiger charge is 2.17. The van der Waals surface area contributed by atoms with Gasteiger partial charge in [0.15, 0.2) is 0 Å². The van der Waals surface area contributed by atoms with Gasteiger partial charge in [0, 0.05) is 5.57 Å². The van der Waals surface area contributed by atoms with E-state index in [4.69, 9.17) is 5.73 Å². The Hall–Kier alpha value is -2.10. The predicted molar refractivity (Wildman–Crippen MR) is 70.4 cm³/mol. The number of benzene rings is 1. The van der Waals surface area contributed by atoms with E-state index in [9.17, 15) is 14.7 Å². The Labute approximate surface area is 106 Å². The van der Waals surface area contributed by atoms with E-state index < -0.39 is 11.9 Å². The molecule has 4 heteroatoms. The van der Waals surface area contributed by atoms with Crippen molar-refractivity contribution < 1.29 is 14.7 Å². The number of carboxylic acid groups (broad SMARTS) is 1. The summed E-state index contributed by atoms with van der Waals surface area (Å²) in [5.41, 5.74) is 7.71. The molecule has 0 heterocycles. The van der Waals surface area contributed by atoms with Crippen molar-refractivity contribution in [3.8, 4) is 0 Å². The second-order valence-electron chi connectivity index (χ2n) is 4.02. The zero-order valence-corrected chi connectivity index (χ0v) is 10.6. The van der Waals surface area contributed by atoms with Crippen LogP contribution in [0.15, 0.2) is 18.7 Å². The fourth-order valence-corrected chi connectivity index (χ4v) is 1.92. The van der Waals surface area contributed by atoms with Gasteiger partial charge in [0.1, 0.15) is 0 Å². The first-order valence-electron chi connectivity index (χ1n) is 5.80. The molecule has 0 fully saturated rings. The third kappa shape index (κ3) is 2.59. The quantitative estimate of drug-likeness (QED) is 0.781. The van der Waals surface area contributed by atoms with Gasteiger partial charge >= 0.3 is 5.97 Å².